The van der Waals surface area contributed by atoms with E-state index in [1.165, 1.54) is 17.1 Å². The van der Waals surface area contributed by atoms with Crippen molar-refractivity contribution in [3.8, 4) is 0 Å². The smallest absolute Gasteiger partial charge is 0.231 e. The molecule has 1 heterocycles. The summed E-state index contributed by atoms with van der Waals surface area (Å²) in [5.74, 6) is 2.12. The van der Waals surface area contributed by atoms with Crippen molar-refractivity contribution in [2.45, 2.75) is 25.4 Å². The number of thioether (sulfide) groups is 1. The van der Waals surface area contributed by atoms with E-state index >= 15 is 0 Å². The van der Waals surface area contributed by atoms with Crippen molar-refractivity contribution in [2.75, 3.05) is 18.1 Å². The van der Waals surface area contributed by atoms with Crippen molar-refractivity contribution >= 4 is 33.6 Å². The first-order valence-corrected chi connectivity index (χ1v) is 8.44. The molecule has 0 atom stereocenters. The van der Waals surface area contributed by atoms with Crippen LogP contribution in [-0.4, -0.2) is 34.9 Å². The van der Waals surface area contributed by atoms with Crippen molar-refractivity contribution in [2.24, 2.45) is 5.73 Å². The summed E-state index contributed by atoms with van der Waals surface area (Å²) in [6, 6.07) is 8.72. The maximum Gasteiger partial charge on any atom is 0.231 e. The van der Waals surface area contributed by atoms with Gasteiger partial charge in [-0.05, 0) is 42.0 Å². The normalized spacial score (nSPS) is 16.7. The SMILES string of the molecule is NC(=O)CN(Cc1cccc(Br)c1)C1CCSCC1. The zero-order valence-electron chi connectivity index (χ0n) is 10.8. The average Bonchev–Trinajstić information content (AvgIpc) is 2.38. The summed E-state index contributed by atoms with van der Waals surface area (Å²) in [5, 5.41) is 0. The first-order chi connectivity index (χ1) is 9.15. The Labute approximate surface area is 127 Å². The molecule has 0 radical (unpaired) electrons. The first-order valence-electron chi connectivity index (χ1n) is 6.49. The standard InChI is InChI=1S/C14H19BrN2OS/c15-12-3-1-2-11(8-12)9-17(10-14(16)18)13-4-6-19-7-5-13/h1-3,8,13H,4-7,9-10H2,(H2,16,18). The Morgan fingerprint density at radius 3 is 2.79 bits per heavy atom. The lowest BCUT2D eigenvalue weighted by molar-refractivity contribution is -0.119. The fourth-order valence-electron chi connectivity index (χ4n) is 2.43. The van der Waals surface area contributed by atoms with Gasteiger partial charge in [0.05, 0.1) is 6.54 Å². The molecule has 104 valence electrons. The molecule has 1 aliphatic heterocycles. The lowest BCUT2D eigenvalue weighted by Crippen LogP contribution is -2.42. The van der Waals surface area contributed by atoms with Gasteiger partial charge in [0, 0.05) is 17.1 Å². The van der Waals surface area contributed by atoms with Gasteiger partial charge in [-0.2, -0.15) is 11.8 Å². The van der Waals surface area contributed by atoms with Crippen LogP contribution in [0.5, 0.6) is 0 Å². The summed E-state index contributed by atoms with van der Waals surface area (Å²) in [7, 11) is 0. The molecule has 1 saturated heterocycles. The van der Waals surface area contributed by atoms with Crippen LogP contribution in [0.4, 0.5) is 0 Å². The second-order valence-corrected chi connectivity index (χ2v) is 6.99. The summed E-state index contributed by atoms with van der Waals surface area (Å²) in [5.41, 5.74) is 6.61. The van der Waals surface area contributed by atoms with E-state index < -0.39 is 0 Å². The first kappa shape index (κ1) is 14.9. The molecule has 1 amide bonds. The monoisotopic (exact) mass is 342 g/mol. The molecule has 1 fully saturated rings. The second-order valence-electron chi connectivity index (χ2n) is 4.84. The Morgan fingerprint density at radius 1 is 1.42 bits per heavy atom. The Kier molecular flexibility index (Phi) is 5.73. The number of halogens is 1. The van der Waals surface area contributed by atoms with Gasteiger partial charge in [0.2, 0.25) is 5.91 Å². The maximum absolute atomic E-state index is 11.3. The molecular formula is C14H19BrN2OS. The molecule has 5 heteroatoms. The van der Waals surface area contributed by atoms with Crippen LogP contribution in [-0.2, 0) is 11.3 Å². The number of hydrogen-bond acceptors (Lipinski definition) is 3. The van der Waals surface area contributed by atoms with Crippen LogP contribution in [0, 0.1) is 0 Å². The van der Waals surface area contributed by atoms with Gasteiger partial charge >= 0.3 is 0 Å². The topological polar surface area (TPSA) is 46.3 Å². The fraction of sp³-hybridized carbons (Fsp3) is 0.500. The van der Waals surface area contributed by atoms with E-state index in [9.17, 15) is 4.79 Å². The summed E-state index contributed by atoms with van der Waals surface area (Å²) in [6.07, 6.45) is 2.29. The van der Waals surface area contributed by atoms with Gasteiger partial charge in [-0.3, -0.25) is 9.69 Å². The largest absolute Gasteiger partial charge is 0.369 e. The van der Waals surface area contributed by atoms with Gasteiger partial charge in [0.1, 0.15) is 0 Å². The molecule has 0 spiro atoms. The number of rotatable bonds is 5. The highest BCUT2D eigenvalue weighted by Gasteiger charge is 2.22. The van der Waals surface area contributed by atoms with Crippen LogP contribution in [0.15, 0.2) is 28.7 Å². The minimum atomic E-state index is -0.242. The summed E-state index contributed by atoms with van der Waals surface area (Å²) in [6.45, 7) is 1.14. The van der Waals surface area contributed by atoms with Gasteiger partial charge in [-0.1, -0.05) is 28.1 Å². The third-order valence-electron chi connectivity index (χ3n) is 3.34. The quantitative estimate of drug-likeness (QED) is 0.894. The Morgan fingerprint density at radius 2 is 2.16 bits per heavy atom. The van der Waals surface area contributed by atoms with Gasteiger partial charge in [-0.25, -0.2) is 0 Å². The number of carbonyl (C=O) groups is 1. The summed E-state index contributed by atoms with van der Waals surface area (Å²) in [4.78, 5) is 13.5. The minimum absolute atomic E-state index is 0.242. The molecule has 2 N–H and O–H groups in total. The number of carbonyl (C=O) groups excluding carboxylic acids is 1. The Hall–Kier alpha value is -0.520. The maximum atomic E-state index is 11.3. The lowest BCUT2D eigenvalue weighted by Gasteiger charge is -2.33. The van der Waals surface area contributed by atoms with Crippen molar-refractivity contribution in [1.82, 2.24) is 4.90 Å². The second kappa shape index (κ2) is 7.31. The lowest BCUT2D eigenvalue weighted by atomic mass is 10.1. The molecular weight excluding hydrogens is 324 g/mol. The van der Waals surface area contributed by atoms with Crippen LogP contribution >= 0.6 is 27.7 Å². The molecule has 0 aliphatic carbocycles. The van der Waals surface area contributed by atoms with E-state index in [1.807, 2.05) is 23.9 Å². The molecule has 0 bridgehead atoms. The number of nitrogens with zero attached hydrogens (tertiary/aromatic N) is 1. The molecule has 0 unspecified atom stereocenters. The van der Waals surface area contributed by atoms with Crippen LogP contribution in [0.25, 0.3) is 0 Å². The van der Waals surface area contributed by atoms with Gasteiger partial charge in [-0.15, -0.1) is 0 Å². The number of primary amides is 1. The predicted octanol–water partition coefficient (Wildman–Crippen LogP) is 2.63. The van der Waals surface area contributed by atoms with E-state index in [1.54, 1.807) is 0 Å². The van der Waals surface area contributed by atoms with E-state index in [-0.39, 0.29) is 5.91 Å². The Bertz CT molecular complexity index is 435. The molecule has 3 nitrogen and oxygen atoms in total. The molecule has 2 rings (SSSR count). The predicted molar refractivity (Wildman–Crippen MR) is 84.1 cm³/mol. The van der Waals surface area contributed by atoms with Crippen molar-refractivity contribution < 1.29 is 4.79 Å². The molecule has 1 aromatic carbocycles. The van der Waals surface area contributed by atoms with Crippen molar-refractivity contribution in [3.63, 3.8) is 0 Å². The number of nitrogens with two attached hydrogens (primary N) is 1. The van der Waals surface area contributed by atoms with E-state index in [0.29, 0.717) is 12.6 Å². The Balaban J connectivity index is 2.06. The van der Waals surface area contributed by atoms with Crippen molar-refractivity contribution in [3.05, 3.63) is 34.3 Å². The van der Waals surface area contributed by atoms with Gasteiger partial charge < -0.3 is 5.73 Å². The zero-order chi connectivity index (χ0) is 13.7. The van der Waals surface area contributed by atoms with E-state index in [2.05, 4.69) is 33.0 Å². The fourth-order valence-corrected chi connectivity index (χ4v) is 3.96. The highest BCUT2D eigenvalue weighted by molar-refractivity contribution is 9.10. The van der Waals surface area contributed by atoms with Crippen LogP contribution in [0.2, 0.25) is 0 Å². The minimum Gasteiger partial charge on any atom is -0.369 e. The number of hydrogen-bond donors (Lipinski definition) is 1. The molecule has 1 aliphatic rings. The molecule has 19 heavy (non-hydrogen) atoms. The average molecular weight is 343 g/mol. The third kappa shape index (κ3) is 4.82. The van der Waals surface area contributed by atoms with Crippen LogP contribution in [0.1, 0.15) is 18.4 Å². The van der Waals surface area contributed by atoms with Crippen LogP contribution < -0.4 is 5.73 Å². The van der Waals surface area contributed by atoms with E-state index in [0.717, 1.165) is 23.9 Å². The molecule has 1 aromatic rings. The molecule has 0 saturated carbocycles. The van der Waals surface area contributed by atoms with Crippen LogP contribution in [0.3, 0.4) is 0 Å². The third-order valence-corrected chi connectivity index (χ3v) is 4.88. The highest BCUT2D eigenvalue weighted by atomic mass is 79.9. The number of benzene rings is 1. The van der Waals surface area contributed by atoms with Crippen molar-refractivity contribution in [1.29, 1.82) is 0 Å². The van der Waals surface area contributed by atoms with Gasteiger partial charge in [0.25, 0.3) is 0 Å². The highest BCUT2D eigenvalue weighted by Crippen LogP contribution is 2.23. The van der Waals surface area contributed by atoms with E-state index in [4.69, 9.17) is 5.73 Å². The number of amides is 1. The summed E-state index contributed by atoms with van der Waals surface area (Å²) >= 11 is 5.48. The zero-order valence-corrected chi connectivity index (χ0v) is 13.3. The van der Waals surface area contributed by atoms with Gasteiger partial charge in [0.15, 0.2) is 0 Å². The molecule has 0 aromatic heterocycles. The summed E-state index contributed by atoms with van der Waals surface area (Å²) < 4.78 is 1.07.